The maximum absolute atomic E-state index is 11.4. The molecule has 0 heterocycles. The predicted molar refractivity (Wildman–Crippen MR) is 58.5 cm³/mol. The fraction of sp³-hybridized carbons (Fsp3) is 0.818. The van der Waals surface area contributed by atoms with Crippen molar-refractivity contribution in [2.24, 2.45) is 11.8 Å². The molecule has 0 bridgehead atoms. The summed E-state index contributed by atoms with van der Waals surface area (Å²) in [6.45, 7) is 7.60. The van der Waals surface area contributed by atoms with Gasteiger partial charge in [0.1, 0.15) is 6.04 Å². The molecule has 2 atom stereocenters. The van der Waals surface area contributed by atoms with E-state index in [2.05, 4.69) is 5.32 Å². The summed E-state index contributed by atoms with van der Waals surface area (Å²) < 4.78 is 0. The first-order chi connectivity index (χ1) is 6.88. The molecule has 0 aromatic heterocycles. The van der Waals surface area contributed by atoms with E-state index in [0.717, 1.165) is 6.42 Å². The highest BCUT2D eigenvalue weighted by atomic mass is 16.4. The van der Waals surface area contributed by atoms with Gasteiger partial charge in [0.05, 0.1) is 0 Å². The number of aliphatic carboxylic acids is 1. The minimum atomic E-state index is -0.957. The molecule has 0 aliphatic carbocycles. The molecule has 4 heteroatoms. The summed E-state index contributed by atoms with van der Waals surface area (Å²) in [6.07, 6.45) is 1.11. The summed E-state index contributed by atoms with van der Waals surface area (Å²) in [6, 6.07) is -0.763. The third-order valence-corrected chi connectivity index (χ3v) is 2.39. The van der Waals surface area contributed by atoms with Crippen LogP contribution in [0.1, 0.15) is 40.5 Å². The zero-order valence-electron chi connectivity index (χ0n) is 9.91. The van der Waals surface area contributed by atoms with Gasteiger partial charge >= 0.3 is 5.97 Å². The average Bonchev–Trinajstić information content (AvgIpc) is 2.11. The molecular weight excluding hydrogens is 194 g/mol. The summed E-state index contributed by atoms with van der Waals surface area (Å²) in [5, 5.41) is 11.5. The number of carbonyl (C=O) groups is 2. The van der Waals surface area contributed by atoms with E-state index in [1.807, 2.05) is 27.7 Å². The van der Waals surface area contributed by atoms with Crippen LogP contribution in [0.4, 0.5) is 0 Å². The molecule has 0 aromatic rings. The van der Waals surface area contributed by atoms with E-state index in [4.69, 9.17) is 5.11 Å². The number of carboxylic acids is 1. The summed E-state index contributed by atoms with van der Waals surface area (Å²) in [5.41, 5.74) is 0. The van der Waals surface area contributed by atoms with Crippen molar-refractivity contribution in [2.45, 2.75) is 46.6 Å². The highest BCUT2D eigenvalue weighted by Gasteiger charge is 2.25. The van der Waals surface area contributed by atoms with E-state index in [1.54, 1.807) is 0 Å². The highest BCUT2D eigenvalue weighted by Crippen LogP contribution is 2.09. The largest absolute Gasteiger partial charge is 0.480 e. The van der Waals surface area contributed by atoms with Crippen LogP contribution in [0, 0.1) is 11.8 Å². The van der Waals surface area contributed by atoms with Crippen molar-refractivity contribution >= 4 is 11.9 Å². The summed E-state index contributed by atoms with van der Waals surface area (Å²) in [7, 11) is 0. The molecule has 2 N–H and O–H groups in total. The van der Waals surface area contributed by atoms with Crippen LogP contribution >= 0.6 is 0 Å². The van der Waals surface area contributed by atoms with E-state index in [0.29, 0.717) is 6.42 Å². The van der Waals surface area contributed by atoms with Gasteiger partial charge in [0.15, 0.2) is 0 Å². The summed E-state index contributed by atoms with van der Waals surface area (Å²) in [4.78, 5) is 22.3. The molecule has 0 saturated heterocycles. The smallest absolute Gasteiger partial charge is 0.326 e. The van der Waals surface area contributed by atoms with Crippen molar-refractivity contribution in [3.63, 3.8) is 0 Å². The minimum Gasteiger partial charge on any atom is -0.480 e. The fourth-order valence-corrected chi connectivity index (χ4v) is 1.29. The van der Waals surface area contributed by atoms with Crippen molar-refractivity contribution in [1.82, 2.24) is 5.32 Å². The van der Waals surface area contributed by atoms with Gasteiger partial charge < -0.3 is 10.4 Å². The normalized spacial score (nSPS) is 14.7. The van der Waals surface area contributed by atoms with Crippen molar-refractivity contribution < 1.29 is 14.7 Å². The number of carboxylic acid groups (broad SMARTS) is 1. The van der Waals surface area contributed by atoms with Crippen LogP contribution in [0.3, 0.4) is 0 Å². The average molecular weight is 215 g/mol. The van der Waals surface area contributed by atoms with Gasteiger partial charge in [-0.1, -0.05) is 34.1 Å². The lowest BCUT2D eigenvalue weighted by atomic mass is 9.99. The van der Waals surface area contributed by atoms with Crippen molar-refractivity contribution in [3.05, 3.63) is 0 Å². The molecule has 0 radical (unpaired) electrons. The molecule has 4 nitrogen and oxygen atoms in total. The van der Waals surface area contributed by atoms with Gasteiger partial charge in [-0.05, 0) is 11.8 Å². The highest BCUT2D eigenvalue weighted by molar-refractivity contribution is 5.83. The Morgan fingerprint density at radius 3 is 2.13 bits per heavy atom. The maximum Gasteiger partial charge on any atom is 0.326 e. The predicted octanol–water partition coefficient (Wildman–Crippen LogP) is 1.65. The Morgan fingerprint density at radius 1 is 1.27 bits per heavy atom. The molecule has 0 aliphatic rings. The van der Waals surface area contributed by atoms with E-state index in [-0.39, 0.29) is 17.7 Å². The van der Waals surface area contributed by atoms with Crippen LogP contribution in [-0.4, -0.2) is 23.0 Å². The molecule has 15 heavy (non-hydrogen) atoms. The van der Waals surface area contributed by atoms with E-state index >= 15 is 0 Å². The molecular formula is C11H21NO3. The maximum atomic E-state index is 11.4. The number of amides is 1. The Balaban J connectivity index is 4.29. The second-order valence-corrected chi connectivity index (χ2v) is 4.37. The third kappa shape index (κ3) is 5.40. The van der Waals surface area contributed by atoms with E-state index < -0.39 is 12.0 Å². The lowest BCUT2D eigenvalue weighted by Crippen LogP contribution is -2.45. The number of rotatable bonds is 6. The topological polar surface area (TPSA) is 66.4 Å². The Morgan fingerprint density at radius 2 is 1.80 bits per heavy atom. The molecule has 0 saturated carbocycles. The molecule has 0 aromatic carbocycles. The van der Waals surface area contributed by atoms with Crippen LogP contribution in [0.15, 0.2) is 0 Å². The third-order valence-electron chi connectivity index (χ3n) is 2.39. The molecule has 1 amide bonds. The van der Waals surface area contributed by atoms with Crippen molar-refractivity contribution in [1.29, 1.82) is 0 Å². The summed E-state index contributed by atoms with van der Waals surface area (Å²) >= 11 is 0. The monoisotopic (exact) mass is 215 g/mol. The van der Waals surface area contributed by atoms with Gasteiger partial charge in [-0.2, -0.15) is 0 Å². The van der Waals surface area contributed by atoms with Gasteiger partial charge in [-0.3, -0.25) is 4.79 Å². The number of carbonyl (C=O) groups excluding carboxylic acids is 1. The molecule has 0 spiro atoms. The Labute approximate surface area is 91.1 Å². The number of nitrogens with one attached hydrogen (secondary N) is 1. The zero-order chi connectivity index (χ0) is 12.0. The van der Waals surface area contributed by atoms with Gasteiger partial charge in [0.2, 0.25) is 5.91 Å². The first-order valence-corrected chi connectivity index (χ1v) is 5.40. The molecule has 0 rings (SSSR count). The molecule has 0 fully saturated rings. The van der Waals surface area contributed by atoms with Crippen LogP contribution in [0.25, 0.3) is 0 Å². The van der Waals surface area contributed by atoms with Crippen LogP contribution in [-0.2, 0) is 9.59 Å². The minimum absolute atomic E-state index is 0.0430. The van der Waals surface area contributed by atoms with Crippen LogP contribution in [0.5, 0.6) is 0 Å². The molecule has 0 unspecified atom stereocenters. The SMILES string of the molecule is CC[C@H](C)[C@@H](NC(=O)CC(C)C)C(=O)O. The lowest BCUT2D eigenvalue weighted by Gasteiger charge is -2.20. The Hall–Kier alpha value is -1.06. The number of hydrogen-bond donors (Lipinski definition) is 2. The second-order valence-electron chi connectivity index (χ2n) is 4.37. The van der Waals surface area contributed by atoms with Crippen LogP contribution < -0.4 is 5.32 Å². The Kier molecular flexibility index (Phi) is 5.97. The molecule has 88 valence electrons. The molecule has 0 aliphatic heterocycles. The number of hydrogen-bond acceptors (Lipinski definition) is 2. The zero-order valence-corrected chi connectivity index (χ0v) is 9.91. The Bertz CT molecular complexity index is 226. The quantitative estimate of drug-likeness (QED) is 0.708. The first kappa shape index (κ1) is 13.9. The van der Waals surface area contributed by atoms with E-state index in [9.17, 15) is 9.59 Å². The lowest BCUT2D eigenvalue weighted by molar-refractivity contribution is -0.143. The van der Waals surface area contributed by atoms with E-state index in [1.165, 1.54) is 0 Å². The van der Waals surface area contributed by atoms with Gasteiger partial charge in [0, 0.05) is 6.42 Å². The second kappa shape index (κ2) is 6.43. The van der Waals surface area contributed by atoms with Gasteiger partial charge in [-0.15, -0.1) is 0 Å². The van der Waals surface area contributed by atoms with Crippen molar-refractivity contribution in [3.8, 4) is 0 Å². The standard InChI is InChI=1S/C11H21NO3/c1-5-8(4)10(11(14)15)12-9(13)6-7(2)3/h7-8,10H,5-6H2,1-4H3,(H,12,13)(H,14,15)/t8-,10+/m0/s1. The van der Waals surface area contributed by atoms with Crippen LogP contribution in [0.2, 0.25) is 0 Å². The fourth-order valence-electron chi connectivity index (χ4n) is 1.29. The summed E-state index contributed by atoms with van der Waals surface area (Å²) in [5.74, 6) is -0.936. The van der Waals surface area contributed by atoms with Crippen molar-refractivity contribution in [2.75, 3.05) is 0 Å². The van der Waals surface area contributed by atoms with Gasteiger partial charge in [-0.25, -0.2) is 4.79 Å². The van der Waals surface area contributed by atoms with Gasteiger partial charge in [0.25, 0.3) is 0 Å². The first-order valence-electron chi connectivity index (χ1n) is 5.40.